The highest BCUT2D eigenvalue weighted by molar-refractivity contribution is 6.14. The smallest absolute Gasteiger partial charge is 0.342 e. The van der Waals surface area contributed by atoms with Crippen LogP contribution in [0.3, 0.4) is 0 Å². The maximum Gasteiger partial charge on any atom is 0.342 e. The van der Waals surface area contributed by atoms with Crippen LogP contribution in [0.25, 0.3) is 10.8 Å². The zero-order valence-electron chi connectivity index (χ0n) is 16.7. The number of Topliss-reactive ketones (excluding diaryl/α,β-unsaturated/α-hetero) is 1. The van der Waals surface area contributed by atoms with E-state index < -0.39 is 23.4 Å². The molecule has 0 radical (unpaired) electrons. The number of esters is 1. The number of aliphatic hydroxyl groups is 1. The number of phenols is 3. The van der Waals surface area contributed by atoms with Crippen LogP contribution < -0.4 is 0 Å². The quantitative estimate of drug-likeness (QED) is 0.414. The molecule has 7 heteroatoms. The molecule has 0 fully saturated rings. The maximum atomic E-state index is 13.7. The van der Waals surface area contributed by atoms with E-state index in [2.05, 4.69) is 0 Å². The van der Waals surface area contributed by atoms with E-state index in [9.17, 15) is 30.0 Å². The van der Waals surface area contributed by atoms with E-state index in [0.29, 0.717) is 33.0 Å². The van der Waals surface area contributed by atoms with Crippen LogP contribution in [0.5, 0.6) is 17.2 Å². The van der Waals surface area contributed by atoms with Crippen LogP contribution in [0.2, 0.25) is 0 Å². The fourth-order valence-corrected chi connectivity index (χ4v) is 6.08. The average Bonchev–Trinajstić information content (AvgIpc) is 2.86. The average molecular weight is 418 g/mol. The fourth-order valence-electron chi connectivity index (χ4n) is 6.08. The Balaban J connectivity index is 1.87. The largest absolute Gasteiger partial charge is 0.508 e. The van der Waals surface area contributed by atoms with Gasteiger partial charge in [-0.25, -0.2) is 4.79 Å². The molecular formula is C24H18O7. The van der Waals surface area contributed by atoms with Crippen LogP contribution in [0.15, 0.2) is 24.3 Å². The van der Waals surface area contributed by atoms with Crippen LogP contribution in [-0.4, -0.2) is 44.9 Å². The highest BCUT2D eigenvalue weighted by atomic mass is 16.5. The summed E-state index contributed by atoms with van der Waals surface area (Å²) in [6.45, 7) is 3.19. The van der Waals surface area contributed by atoms with Crippen molar-refractivity contribution in [3.8, 4) is 17.2 Å². The number of aromatic hydroxyl groups is 3. The molecule has 1 aliphatic heterocycles. The molecule has 3 atom stereocenters. The van der Waals surface area contributed by atoms with E-state index in [0.717, 1.165) is 0 Å². The number of aryl methyl sites for hydroxylation is 2. The number of ether oxygens (including phenoxy) is 1. The zero-order chi connectivity index (χ0) is 22.0. The third-order valence-corrected chi connectivity index (χ3v) is 7.13. The van der Waals surface area contributed by atoms with Crippen molar-refractivity contribution < 1.29 is 34.8 Å². The van der Waals surface area contributed by atoms with Crippen molar-refractivity contribution in [1.82, 2.24) is 0 Å². The molecule has 31 heavy (non-hydrogen) atoms. The predicted molar refractivity (Wildman–Crippen MR) is 109 cm³/mol. The van der Waals surface area contributed by atoms with Gasteiger partial charge < -0.3 is 25.2 Å². The monoisotopic (exact) mass is 418 g/mol. The van der Waals surface area contributed by atoms with Crippen molar-refractivity contribution in [3.05, 3.63) is 63.2 Å². The number of aliphatic hydroxyl groups excluding tert-OH is 1. The van der Waals surface area contributed by atoms with Gasteiger partial charge in [0.2, 0.25) is 0 Å². The third kappa shape index (κ3) is 1.84. The molecule has 1 spiro atoms. The first-order valence-electron chi connectivity index (χ1n) is 9.94. The first kappa shape index (κ1) is 18.2. The molecule has 0 amide bonds. The zero-order valence-corrected chi connectivity index (χ0v) is 16.7. The Hall–Kier alpha value is -3.58. The number of ketones is 1. The van der Waals surface area contributed by atoms with E-state index >= 15 is 0 Å². The second-order valence-corrected chi connectivity index (χ2v) is 8.72. The number of carbonyl (C=O) groups excluding carboxylic acids is 2. The van der Waals surface area contributed by atoms with Crippen molar-refractivity contribution in [1.29, 1.82) is 0 Å². The highest BCUT2D eigenvalue weighted by Crippen LogP contribution is 2.63. The van der Waals surface area contributed by atoms with Crippen molar-refractivity contribution in [2.75, 3.05) is 6.61 Å². The second kappa shape index (κ2) is 5.36. The molecule has 3 aromatic carbocycles. The minimum atomic E-state index is -1.38. The van der Waals surface area contributed by atoms with Gasteiger partial charge in [0.15, 0.2) is 5.78 Å². The lowest BCUT2D eigenvalue weighted by Gasteiger charge is -2.43. The number of cyclic esters (lactones) is 1. The summed E-state index contributed by atoms with van der Waals surface area (Å²) >= 11 is 0. The molecule has 7 nitrogen and oxygen atoms in total. The van der Waals surface area contributed by atoms with Gasteiger partial charge in [-0.1, -0.05) is 0 Å². The van der Waals surface area contributed by atoms with Crippen molar-refractivity contribution in [2.45, 2.75) is 31.3 Å². The topological polar surface area (TPSA) is 124 Å². The summed E-state index contributed by atoms with van der Waals surface area (Å²) in [4.78, 5) is 26.3. The Bertz CT molecular complexity index is 1400. The Kier molecular flexibility index (Phi) is 3.15. The minimum Gasteiger partial charge on any atom is -0.508 e. The molecular weight excluding hydrogens is 400 g/mol. The summed E-state index contributed by atoms with van der Waals surface area (Å²) in [7, 11) is 0. The van der Waals surface area contributed by atoms with Crippen LogP contribution in [0.4, 0.5) is 0 Å². The van der Waals surface area contributed by atoms with Gasteiger partial charge in [0, 0.05) is 11.1 Å². The van der Waals surface area contributed by atoms with Gasteiger partial charge in [-0.15, -0.1) is 0 Å². The molecule has 0 saturated carbocycles. The Morgan fingerprint density at radius 3 is 2.42 bits per heavy atom. The number of carbonyl (C=O) groups is 2. The van der Waals surface area contributed by atoms with Gasteiger partial charge in [0.1, 0.15) is 29.4 Å². The van der Waals surface area contributed by atoms with E-state index in [4.69, 9.17) is 4.74 Å². The van der Waals surface area contributed by atoms with Crippen molar-refractivity contribution >= 4 is 22.5 Å². The maximum absolute atomic E-state index is 13.7. The summed E-state index contributed by atoms with van der Waals surface area (Å²) in [5.41, 5.74) is 0.960. The summed E-state index contributed by atoms with van der Waals surface area (Å²) in [5.74, 6) is -2.59. The second-order valence-electron chi connectivity index (χ2n) is 8.72. The SMILES string of the molecule is Cc1cc(O)c2c3c1C(=O)[C@@H]1c4c(c(O)cc5cc(O)cc(C)c45)[C@@]3(COC2=O)[C@H]1O. The molecule has 0 saturated heterocycles. The lowest BCUT2D eigenvalue weighted by molar-refractivity contribution is 0.00721. The molecule has 1 heterocycles. The molecule has 156 valence electrons. The van der Waals surface area contributed by atoms with Crippen LogP contribution in [-0.2, 0) is 10.2 Å². The number of hydrogen-bond donors (Lipinski definition) is 4. The molecule has 0 aromatic heterocycles. The van der Waals surface area contributed by atoms with Gasteiger partial charge in [-0.2, -0.15) is 0 Å². The van der Waals surface area contributed by atoms with Gasteiger partial charge in [0.25, 0.3) is 0 Å². The molecule has 2 bridgehead atoms. The normalized spacial score (nSPS) is 25.4. The first-order chi connectivity index (χ1) is 14.7. The predicted octanol–water partition coefficient (Wildman–Crippen LogP) is 2.68. The lowest BCUT2D eigenvalue weighted by atomic mass is 9.63. The van der Waals surface area contributed by atoms with Gasteiger partial charge in [-0.3, -0.25) is 4.79 Å². The van der Waals surface area contributed by atoms with E-state index in [1.165, 1.54) is 18.2 Å². The summed E-state index contributed by atoms with van der Waals surface area (Å²) in [6.07, 6.45) is -1.29. The van der Waals surface area contributed by atoms with Crippen LogP contribution >= 0.6 is 0 Å². The molecule has 2 aliphatic carbocycles. The molecule has 3 aromatic rings. The fraction of sp³-hybridized carbons (Fsp3) is 0.250. The van der Waals surface area contributed by atoms with Gasteiger partial charge in [0.05, 0.1) is 17.4 Å². The molecule has 6 rings (SSSR count). The number of rotatable bonds is 0. The van der Waals surface area contributed by atoms with Gasteiger partial charge in [-0.05, 0) is 71.1 Å². The summed E-state index contributed by atoms with van der Waals surface area (Å²) in [5, 5.41) is 44.4. The first-order valence-corrected chi connectivity index (χ1v) is 9.94. The van der Waals surface area contributed by atoms with E-state index in [1.54, 1.807) is 19.9 Å². The standard InChI is InChI=1S/C24H18O7/c1-8-3-11(25)5-10-6-13(27)19-17(14(8)10)18-21(28)15-9(2)4-12(26)16-20(15)24(19,22(18)29)7-31-23(16)30/h3-6,18,22,25-27,29H,7H2,1-2H3/t18-,22-,24+/m0/s1. The van der Waals surface area contributed by atoms with Crippen LogP contribution in [0.1, 0.15) is 54.5 Å². The summed E-state index contributed by atoms with van der Waals surface area (Å²) < 4.78 is 5.40. The lowest BCUT2D eigenvalue weighted by Crippen LogP contribution is -2.52. The number of fused-ring (bicyclic) bond motifs is 5. The van der Waals surface area contributed by atoms with Gasteiger partial charge >= 0.3 is 5.97 Å². The molecule has 3 aliphatic rings. The molecule has 4 N–H and O–H groups in total. The van der Waals surface area contributed by atoms with Crippen LogP contribution in [0, 0.1) is 13.8 Å². The minimum absolute atomic E-state index is 0.0216. The highest BCUT2D eigenvalue weighted by Gasteiger charge is 2.65. The van der Waals surface area contributed by atoms with E-state index in [-0.39, 0.29) is 46.3 Å². The number of phenolic OH excluding ortho intramolecular Hbond substituents is 3. The number of benzene rings is 3. The van der Waals surface area contributed by atoms with E-state index in [1.807, 2.05) is 0 Å². The van der Waals surface area contributed by atoms with Crippen molar-refractivity contribution in [2.24, 2.45) is 0 Å². The Labute approximate surface area is 176 Å². The Morgan fingerprint density at radius 2 is 1.68 bits per heavy atom. The number of hydrogen-bond acceptors (Lipinski definition) is 7. The third-order valence-electron chi connectivity index (χ3n) is 7.13. The Morgan fingerprint density at radius 1 is 0.935 bits per heavy atom. The molecule has 0 unspecified atom stereocenters. The van der Waals surface area contributed by atoms with Crippen molar-refractivity contribution in [3.63, 3.8) is 0 Å². The summed E-state index contributed by atoms with van der Waals surface area (Å²) in [6, 6.07) is 5.90.